The molecule has 1 heterocycles. The zero-order chi connectivity index (χ0) is 9.84. The van der Waals surface area contributed by atoms with Gasteiger partial charge in [0.05, 0.1) is 0 Å². The lowest BCUT2D eigenvalue weighted by molar-refractivity contribution is 0.365. The van der Waals surface area contributed by atoms with Crippen LogP contribution in [0, 0.1) is 5.92 Å². The lowest BCUT2D eigenvalue weighted by Gasteiger charge is -2.20. The Kier molecular flexibility index (Phi) is 4.20. The standard InChI is InChI=1S/C11H24N2/c1-9(2)7-10(3)12-11-5-6-13(4)8-11/h9-12H,5-8H2,1-4H3/t10-,11-/m1/s1. The number of hydrogen-bond acceptors (Lipinski definition) is 2. The van der Waals surface area contributed by atoms with E-state index in [4.69, 9.17) is 0 Å². The van der Waals surface area contributed by atoms with Crippen molar-refractivity contribution in [3.05, 3.63) is 0 Å². The monoisotopic (exact) mass is 184 g/mol. The average Bonchev–Trinajstić information content (AvgIpc) is 2.33. The fourth-order valence-electron chi connectivity index (χ4n) is 2.25. The first-order valence-corrected chi connectivity index (χ1v) is 5.52. The molecule has 0 aliphatic carbocycles. The summed E-state index contributed by atoms with van der Waals surface area (Å²) >= 11 is 0. The number of likely N-dealkylation sites (N-methyl/N-ethyl adjacent to an activating group) is 1. The van der Waals surface area contributed by atoms with Gasteiger partial charge >= 0.3 is 0 Å². The molecule has 1 fully saturated rings. The van der Waals surface area contributed by atoms with Crippen molar-refractivity contribution in [2.45, 2.75) is 45.7 Å². The topological polar surface area (TPSA) is 15.3 Å². The zero-order valence-electron chi connectivity index (χ0n) is 9.51. The molecule has 1 N–H and O–H groups in total. The highest BCUT2D eigenvalue weighted by Gasteiger charge is 2.20. The number of hydrogen-bond donors (Lipinski definition) is 1. The quantitative estimate of drug-likeness (QED) is 0.715. The van der Waals surface area contributed by atoms with Crippen LogP contribution in [0.25, 0.3) is 0 Å². The van der Waals surface area contributed by atoms with Gasteiger partial charge in [-0.3, -0.25) is 0 Å². The normalized spacial score (nSPS) is 27.0. The molecule has 2 heteroatoms. The van der Waals surface area contributed by atoms with Crippen LogP contribution in [0.1, 0.15) is 33.6 Å². The minimum atomic E-state index is 0.677. The van der Waals surface area contributed by atoms with Gasteiger partial charge in [0.1, 0.15) is 0 Å². The molecule has 0 radical (unpaired) electrons. The van der Waals surface area contributed by atoms with E-state index in [0.717, 1.165) is 12.0 Å². The Balaban J connectivity index is 2.16. The van der Waals surface area contributed by atoms with Crippen LogP contribution in [0.2, 0.25) is 0 Å². The molecule has 0 aromatic carbocycles. The van der Waals surface area contributed by atoms with Crippen molar-refractivity contribution in [3.8, 4) is 0 Å². The fourth-order valence-corrected chi connectivity index (χ4v) is 2.25. The van der Waals surface area contributed by atoms with Crippen molar-refractivity contribution < 1.29 is 0 Å². The van der Waals surface area contributed by atoms with E-state index in [-0.39, 0.29) is 0 Å². The second kappa shape index (κ2) is 4.97. The summed E-state index contributed by atoms with van der Waals surface area (Å²) in [6.07, 6.45) is 2.61. The van der Waals surface area contributed by atoms with Gasteiger partial charge in [0.2, 0.25) is 0 Å². The molecular formula is C11H24N2. The summed E-state index contributed by atoms with van der Waals surface area (Å²) in [5.41, 5.74) is 0. The van der Waals surface area contributed by atoms with Gasteiger partial charge in [-0.1, -0.05) is 13.8 Å². The summed E-state index contributed by atoms with van der Waals surface area (Å²) in [5, 5.41) is 3.70. The van der Waals surface area contributed by atoms with Crippen LogP contribution in [-0.2, 0) is 0 Å². The lowest BCUT2D eigenvalue weighted by Crippen LogP contribution is -2.38. The number of nitrogens with one attached hydrogen (secondary N) is 1. The molecule has 0 spiro atoms. The largest absolute Gasteiger partial charge is 0.310 e. The van der Waals surface area contributed by atoms with Crippen LogP contribution >= 0.6 is 0 Å². The third-order valence-electron chi connectivity index (χ3n) is 2.74. The van der Waals surface area contributed by atoms with E-state index in [1.807, 2.05) is 0 Å². The van der Waals surface area contributed by atoms with Gasteiger partial charge in [0, 0.05) is 18.6 Å². The predicted octanol–water partition coefficient (Wildman–Crippen LogP) is 1.71. The molecule has 2 atom stereocenters. The molecule has 1 saturated heterocycles. The van der Waals surface area contributed by atoms with Gasteiger partial charge in [-0.15, -0.1) is 0 Å². The molecule has 0 aromatic heterocycles. The molecule has 0 saturated carbocycles. The Morgan fingerprint density at radius 1 is 1.38 bits per heavy atom. The highest BCUT2D eigenvalue weighted by atomic mass is 15.2. The smallest absolute Gasteiger partial charge is 0.0209 e. The van der Waals surface area contributed by atoms with Crippen LogP contribution in [0.15, 0.2) is 0 Å². The van der Waals surface area contributed by atoms with E-state index in [0.29, 0.717) is 6.04 Å². The van der Waals surface area contributed by atoms with Crippen molar-refractivity contribution in [3.63, 3.8) is 0 Å². The van der Waals surface area contributed by atoms with Gasteiger partial charge in [-0.05, 0) is 39.3 Å². The van der Waals surface area contributed by atoms with E-state index in [1.165, 1.54) is 25.9 Å². The van der Waals surface area contributed by atoms with Crippen molar-refractivity contribution >= 4 is 0 Å². The summed E-state index contributed by atoms with van der Waals surface area (Å²) in [6.45, 7) is 9.37. The highest BCUT2D eigenvalue weighted by molar-refractivity contribution is 4.81. The van der Waals surface area contributed by atoms with Crippen LogP contribution in [0.4, 0.5) is 0 Å². The van der Waals surface area contributed by atoms with Gasteiger partial charge < -0.3 is 10.2 Å². The number of rotatable bonds is 4. The van der Waals surface area contributed by atoms with E-state index in [1.54, 1.807) is 0 Å². The molecule has 1 rings (SSSR count). The van der Waals surface area contributed by atoms with Gasteiger partial charge in [0.15, 0.2) is 0 Å². The van der Waals surface area contributed by atoms with Crippen molar-refractivity contribution in [2.75, 3.05) is 20.1 Å². The summed E-state index contributed by atoms with van der Waals surface area (Å²) < 4.78 is 0. The molecule has 13 heavy (non-hydrogen) atoms. The maximum atomic E-state index is 3.70. The highest BCUT2D eigenvalue weighted by Crippen LogP contribution is 2.10. The number of likely N-dealkylation sites (tertiary alicyclic amines) is 1. The molecule has 0 amide bonds. The van der Waals surface area contributed by atoms with E-state index in [2.05, 4.69) is 38.0 Å². The maximum Gasteiger partial charge on any atom is 0.0209 e. The molecule has 1 aliphatic heterocycles. The first-order valence-electron chi connectivity index (χ1n) is 5.52. The Hall–Kier alpha value is -0.0800. The Labute approximate surface area is 82.7 Å². The fraction of sp³-hybridized carbons (Fsp3) is 1.00. The molecule has 0 aromatic rings. The average molecular weight is 184 g/mol. The third kappa shape index (κ3) is 4.10. The lowest BCUT2D eigenvalue weighted by atomic mass is 10.0. The molecule has 1 aliphatic rings. The SMILES string of the molecule is CC(C)C[C@@H](C)N[C@@H]1CCN(C)C1. The second-order valence-electron chi connectivity index (χ2n) is 4.95. The van der Waals surface area contributed by atoms with E-state index >= 15 is 0 Å². The maximum absolute atomic E-state index is 3.70. The summed E-state index contributed by atoms with van der Waals surface area (Å²) in [4.78, 5) is 2.40. The van der Waals surface area contributed by atoms with Gasteiger partial charge in [0.25, 0.3) is 0 Å². The Morgan fingerprint density at radius 3 is 2.54 bits per heavy atom. The first-order chi connectivity index (χ1) is 6.08. The minimum absolute atomic E-state index is 0.677. The van der Waals surface area contributed by atoms with Crippen LogP contribution in [0.5, 0.6) is 0 Å². The molecular weight excluding hydrogens is 160 g/mol. The van der Waals surface area contributed by atoms with Gasteiger partial charge in [-0.25, -0.2) is 0 Å². The molecule has 0 unspecified atom stereocenters. The van der Waals surface area contributed by atoms with Crippen molar-refractivity contribution in [2.24, 2.45) is 5.92 Å². The Bertz CT molecular complexity index is 145. The van der Waals surface area contributed by atoms with Crippen LogP contribution in [0.3, 0.4) is 0 Å². The van der Waals surface area contributed by atoms with Gasteiger partial charge in [-0.2, -0.15) is 0 Å². The van der Waals surface area contributed by atoms with Crippen molar-refractivity contribution in [1.29, 1.82) is 0 Å². The van der Waals surface area contributed by atoms with E-state index in [9.17, 15) is 0 Å². The summed E-state index contributed by atoms with van der Waals surface area (Å²) in [7, 11) is 2.20. The summed E-state index contributed by atoms with van der Waals surface area (Å²) in [5.74, 6) is 0.807. The van der Waals surface area contributed by atoms with Crippen molar-refractivity contribution in [1.82, 2.24) is 10.2 Å². The zero-order valence-corrected chi connectivity index (χ0v) is 9.51. The first kappa shape index (κ1) is 11.0. The minimum Gasteiger partial charge on any atom is -0.310 e. The molecule has 0 bridgehead atoms. The number of nitrogens with zero attached hydrogens (tertiary/aromatic N) is 1. The molecule has 2 nitrogen and oxygen atoms in total. The van der Waals surface area contributed by atoms with E-state index < -0.39 is 0 Å². The second-order valence-corrected chi connectivity index (χ2v) is 4.95. The van der Waals surface area contributed by atoms with Crippen LogP contribution in [-0.4, -0.2) is 37.1 Å². The third-order valence-corrected chi connectivity index (χ3v) is 2.74. The molecule has 78 valence electrons. The summed E-state index contributed by atoms with van der Waals surface area (Å²) in [6, 6.07) is 1.41. The predicted molar refractivity (Wildman–Crippen MR) is 58.0 cm³/mol. The van der Waals surface area contributed by atoms with Crippen LogP contribution < -0.4 is 5.32 Å². The Morgan fingerprint density at radius 2 is 2.08 bits per heavy atom.